The zero-order valence-corrected chi connectivity index (χ0v) is 28.0. The lowest BCUT2D eigenvalue weighted by Crippen LogP contribution is -2.35. The Labute approximate surface area is 280 Å². The van der Waals surface area contributed by atoms with E-state index >= 15 is 0 Å². The molecule has 0 radical (unpaired) electrons. The third-order valence-electron chi connectivity index (χ3n) is 8.71. The van der Waals surface area contributed by atoms with E-state index in [1.54, 1.807) is 47.7 Å². The summed E-state index contributed by atoms with van der Waals surface area (Å²) >= 11 is 0. The first kappa shape index (κ1) is 32.8. The Kier molecular flexibility index (Phi) is 10.1. The number of hydrogen-bond acceptors (Lipinski definition) is 11. The summed E-state index contributed by atoms with van der Waals surface area (Å²) < 4.78 is 40.5. The van der Waals surface area contributed by atoms with Gasteiger partial charge >= 0.3 is 0 Å². The number of rotatable bonds is 14. The Morgan fingerprint density at radius 3 is 1.98 bits per heavy atom. The number of methoxy groups -OCH3 is 5. The Bertz CT molecular complexity index is 1700. The van der Waals surface area contributed by atoms with Crippen LogP contribution in [0.3, 0.4) is 0 Å². The Morgan fingerprint density at radius 1 is 0.750 bits per heavy atom. The minimum atomic E-state index is -0.0200. The van der Waals surface area contributed by atoms with E-state index in [2.05, 4.69) is 10.1 Å². The number of fused-ring (bicyclic) bond motifs is 2. The van der Waals surface area contributed by atoms with Crippen molar-refractivity contribution < 1.29 is 42.8 Å². The molecule has 0 N–H and O–H groups in total. The molecule has 1 fully saturated rings. The molecule has 1 amide bonds. The number of unbranched alkanes of at least 4 members (excludes halogenated alkanes) is 1. The zero-order chi connectivity index (χ0) is 33.6. The van der Waals surface area contributed by atoms with Gasteiger partial charge in [0.1, 0.15) is 6.61 Å². The first-order valence-corrected chi connectivity index (χ1v) is 16.0. The van der Waals surface area contributed by atoms with Crippen LogP contribution in [0.1, 0.15) is 48.0 Å². The molecule has 3 aliphatic heterocycles. The molecule has 3 aliphatic rings. The van der Waals surface area contributed by atoms with Gasteiger partial charge in [-0.2, -0.15) is 0 Å². The monoisotopic (exact) mass is 659 g/mol. The van der Waals surface area contributed by atoms with Crippen LogP contribution in [0.15, 0.2) is 46.5 Å². The number of oxime groups is 1. The van der Waals surface area contributed by atoms with Gasteiger partial charge in [0.15, 0.2) is 34.5 Å². The molecular formula is C36H41N3O9. The smallest absolute Gasteiger partial charge is 0.256 e. The summed E-state index contributed by atoms with van der Waals surface area (Å²) in [5.74, 6) is 3.77. The van der Waals surface area contributed by atoms with Crippen molar-refractivity contribution in [3.8, 4) is 51.4 Å². The van der Waals surface area contributed by atoms with Gasteiger partial charge in [-0.15, -0.1) is 0 Å². The summed E-state index contributed by atoms with van der Waals surface area (Å²) in [6.45, 7) is 2.10. The Balaban J connectivity index is 1.15. The third-order valence-corrected chi connectivity index (χ3v) is 8.71. The number of carbonyl (C=O) groups is 1. The van der Waals surface area contributed by atoms with Gasteiger partial charge in [0, 0.05) is 30.8 Å². The van der Waals surface area contributed by atoms with Gasteiger partial charge in [-0.3, -0.25) is 9.79 Å². The van der Waals surface area contributed by atoms with Crippen LogP contribution in [0.25, 0.3) is 11.1 Å². The molecule has 0 aromatic heterocycles. The second-order valence-electron chi connectivity index (χ2n) is 11.5. The van der Waals surface area contributed by atoms with E-state index in [4.69, 9.17) is 38.0 Å². The minimum Gasteiger partial charge on any atom is -0.493 e. The number of aliphatic imine (C=N–C) groups is 1. The highest BCUT2D eigenvalue weighted by atomic mass is 16.6. The number of ether oxygens (including phenoxy) is 7. The van der Waals surface area contributed by atoms with Gasteiger partial charge < -0.3 is 42.9 Å². The van der Waals surface area contributed by atoms with E-state index in [1.807, 2.05) is 35.4 Å². The lowest BCUT2D eigenvalue weighted by Gasteiger charge is -2.20. The van der Waals surface area contributed by atoms with Crippen molar-refractivity contribution in [1.29, 1.82) is 0 Å². The fourth-order valence-electron chi connectivity index (χ4n) is 6.23. The van der Waals surface area contributed by atoms with Gasteiger partial charge in [-0.1, -0.05) is 5.16 Å². The van der Waals surface area contributed by atoms with Crippen LogP contribution in [0.5, 0.6) is 40.2 Å². The maximum absolute atomic E-state index is 13.2. The maximum atomic E-state index is 13.2. The second-order valence-corrected chi connectivity index (χ2v) is 11.5. The normalized spacial score (nSPS) is 16.4. The molecule has 3 aromatic carbocycles. The standard InChI is InChI=1S/C36H41N3O9/c1-41-29-18-25(27-10-14-48-38-27)24(22-15-33(43-3)35(45-5)34(16-22)44-4)17-31(29)46-12-6-7-13-47-32-20-28-26(19-30(32)42-2)36(40)39-11-8-9-23(39)21-37-28/h15-21,23H,6-14H2,1-5H3/t23-/m0/s1. The number of benzene rings is 3. The highest BCUT2D eigenvalue weighted by molar-refractivity contribution is 6.07. The Morgan fingerprint density at radius 2 is 1.38 bits per heavy atom. The number of carbonyl (C=O) groups excluding carboxylic acids is 1. The van der Waals surface area contributed by atoms with Crippen molar-refractivity contribution >= 4 is 23.5 Å². The average molecular weight is 660 g/mol. The van der Waals surface area contributed by atoms with E-state index in [-0.39, 0.29) is 11.9 Å². The Hall–Kier alpha value is -5.13. The topological polar surface area (TPSA) is 119 Å². The quantitative estimate of drug-likeness (QED) is 0.190. The van der Waals surface area contributed by atoms with Crippen LogP contribution in [-0.4, -0.2) is 90.7 Å². The second kappa shape index (κ2) is 14.7. The lowest BCUT2D eigenvalue weighted by molar-refractivity contribution is 0.0774. The first-order chi connectivity index (χ1) is 23.5. The lowest BCUT2D eigenvalue weighted by atomic mass is 9.94. The molecule has 0 spiro atoms. The van der Waals surface area contributed by atoms with Crippen molar-refractivity contribution in [1.82, 2.24) is 4.90 Å². The molecule has 0 bridgehead atoms. The summed E-state index contributed by atoms with van der Waals surface area (Å²) in [6.07, 6.45) is 5.87. The van der Waals surface area contributed by atoms with Gasteiger partial charge in [-0.05, 0) is 67.1 Å². The van der Waals surface area contributed by atoms with Gasteiger partial charge in [0.25, 0.3) is 5.91 Å². The molecule has 1 saturated heterocycles. The summed E-state index contributed by atoms with van der Waals surface area (Å²) in [5.41, 5.74) is 4.49. The number of nitrogens with zero attached hydrogens (tertiary/aromatic N) is 3. The minimum absolute atomic E-state index is 0.0200. The van der Waals surface area contributed by atoms with Gasteiger partial charge in [0.05, 0.1) is 71.8 Å². The van der Waals surface area contributed by atoms with Crippen LogP contribution >= 0.6 is 0 Å². The molecular weight excluding hydrogens is 618 g/mol. The van der Waals surface area contributed by atoms with Crippen LogP contribution < -0.4 is 33.2 Å². The summed E-state index contributed by atoms with van der Waals surface area (Å²) in [7, 11) is 7.93. The molecule has 254 valence electrons. The molecule has 0 aliphatic carbocycles. The third kappa shape index (κ3) is 6.51. The highest BCUT2D eigenvalue weighted by Gasteiger charge is 2.32. The summed E-state index contributed by atoms with van der Waals surface area (Å²) in [5, 5.41) is 4.28. The van der Waals surface area contributed by atoms with Crippen molar-refractivity contribution in [3.05, 3.63) is 47.5 Å². The van der Waals surface area contributed by atoms with Crippen LogP contribution in [0.2, 0.25) is 0 Å². The largest absolute Gasteiger partial charge is 0.493 e. The van der Waals surface area contributed by atoms with E-state index in [0.717, 1.165) is 41.8 Å². The van der Waals surface area contributed by atoms with E-state index in [1.165, 1.54) is 0 Å². The molecule has 0 saturated carbocycles. The molecule has 3 heterocycles. The van der Waals surface area contributed by atoms with Crippen molar-refractivity contribution in [2.75, 3.05) is 61.9 Å². The molecule has 48 heavy (non-hydrogen) atoms. The van der Waals surface area contributed by atoms with Crippen molar-refractivity contribution in [2.24, 2.45) is 10.1 Å². The van der Waals surface area contributed by atoms with E-state index in [9.17, 15) is 4.79 Å². The predicted molar refractivity (Wildman–Crippen MR) is 181 cm³/mol. The molecule has 12 nitrogen and oxygen atoms in total. The fraction of sp³-hybridized carbons (Fsp3) is 0.417. The summed E-state index contributed by atoms with van der Waals surface area (Å²) in [6, 6.07) is 11.2. The van der Waals surface area contributed by atoms with Gasteiger partial charge in [-0.25, -0.2) is 0 Å². The average Bonchev–Trinajstić information content (AvgIpc) is 3.82. The molecule has 3 aromatic rings. The molecule has 12 heteroatoms. The van der Waals surface area contributed by atoms with Gasteiger partial charge in [0.2, 0.25) is 5.75 Å². The van der Waals surface area contributed by atoms with Crippen LogP contribution in [0, 0.1) is 0 Å². The first-order valence-electron chi connectivity index (χ1n) is 16.0. The summed E-state index contributed by atoms with van der Waals surface area (Å²) in [4.78, 5) is 25.0. The van der Waals surface area contributed by atoms with E-state index < -0.39 is 0 Å². The van der Waals surface area contributed by atoms with Crippen molar-refractivity contribution in [3.63, 3.8) is 0 Å². The predicted octanol–water partition coefficient (Wildman–Crippen LogP) is 6.08. The SMILES string of the molecule is COc1cc2c(cc1OCCCCOc1cc(-c3cc(OC)c(OC)c(OC)c3)c(C3=NOCC3)cc1OC)N=C[C@@H]1CCCN1C2=O. The number of hydrogen-bond donors (Lipinski definition) is 0. The van der Waals surface area contributed by atoms with E-state index in [0.29, 0.717) is 90.6 Å². The molecule has 6 rings (SSSR count). The maximum Gasteiger partial charge on any atom is 0.256 e. The van der Waals surface area contributed by atoms with Crippen LogP contribution in [-0.2, 0) is 4.84 Å². The number of amides is 1. The fourth-order valence-corrected chi connectivity index (χ4v) is 6.23. The molecule has 0 unspecified atom stereocenters. The highest BCUT2D eigenvalue weighted by Crippen LogP contribution is 2.45. The molecule has 1 atom stereocenters. The van der Waals surface area contributed by atoms with Crippen LogP contribution in [0.4, 0.5) is 5.69 Å². The zero-order valence-electron chi connectivity index (χ0n) is 28.0. The van der Waals surface area contributed by atoms with Crippen molar-refractivity contribution in [2.45, 2.75) is 38.1 Å².